The molecular weight excluding hydrogens is 220 g/mol. The largest absolute Gasteiger partial charge is 0.329 e. The van der Waals surface area contributed by atoms with E-state index in [0.29, 0.717) is 5.54 Å². The second kappa shape index (κ2) is 5.50. The molecule has 0 unspecified atom stereocenters. The van der Waals surface area contributed by atoms with Crippen LogP contribution in [0.15, 0.2) is 0 Å². The SMILES string of the molecule is NCC1(N(CC2CC2)C2CC2)CCCCCCC1. The third kappa shape index (κ3) is 2.91. The molecule has 0 radical (unpaired) electrons. The number of hydrogen-bond acceptors (Lipinski definition) is 2. The van der Waals surface area contributed by atoms with Crippen LogP contribution >= 0.6 is 0 Å². The Morgan fingerprint density at radius 1 is 0.889 bits per heavy atom. The average Bonchev–Trinajstić information content (AvgIpc) is 3.22. The Labute approximate surface area is 112 Å². The highest BCUT2D eigenvalue weighted by Gasteiger charge is 2.44. The highest BCUT2D eigenvalue weighted by Crippen LogP contribution is 2.42. The molecule has 3 saturated carbocycles. The normalized spacial score (nSPS) is 29.0. The monoisotopic (exact) mass is 250 g/mol. The molecule has 104 valence electrons. The van der Waals surface area contributed by atoms with Gasteiger partial charge in [-0.2, -0.15) is 0 Å². The van der Waals surface area contributed by atoms with Crippen molar-refractivity contribution in [3.05, 3.63) is 0 Å². The molecule has 3 aliphatic carbocycles. The number of rotatable bonds is 5. The highest BCUT2D eigenvalue weighted by atomic mass is 15.3. The van der Waals surface area contributed by atoms with E-state index in [4.69, 9.17) is 5.73 Å². The van der Waals surface area contributed by atoms with E-state index in [2.05, 4.69) is 4.90 Å². The van der Waals surface area contributed by atoms with Gasteiger partial charge in [-0.15, -0.1) is 0 Å². The van der Waals surface area contributed by atoms with Gasteiger partial charge in [0, 0.05) is 24.7 Å². The molecule has 2 heteroatoms. The van der Waals surface area contributed by atoms with Gasteiger partial charge in [0.1, 0.15) is 0 Å². The van der Waals surface area contributed by atoms with Gasteiger partial charge in [0.15, 0.2) is 0 Å². The standard InChI is InChI=1S/C16H30N2/c17-13-16(10-4-2-1-3-5-11-16)18(15-8-9-15)12-14-6-7-14/h14-15H,1-13,17H2. The van der Waals surface area contributed by atoms with Crippen molar-refractivity contribution in [1.29, 1.82) is 0 Å². The molecule has 0 saturated heterocycles. The fraction of sp³-hybridized carbons (Fsp3) is 1.00. The molecule has 18 heavy (non-hydrogen) atoms. The number of nitrogens with two attached hydrogens (primary N) is 1. The molecule has 0 aromatic heterocycles. The van der Waals surface area contributed by atoms with Crippen LogP contribution < -0.4 is 5.73 Å². The molecule has 3 fully saturated rings. The van der Waals surface area contributed by atoms with Crippen molar-refractivity contribution in [1.82, 2.24) is 4.90 Å². The van der Waals surface area contributed by atoms with Crippen molar-refractivity contribution in [3.8, 4) is 0 Å². The Hall–Kier alpha value is -0.0800. The number of hydrogen-bond donors (Lipinski definition) is 1. The topological polar surface area (TPSA) is 29.3 Å². The molecule has 2 N–H and O–H groups in total. The Kier molecular flexibility index (Phi) is 3.95. The minimum atomic E-state index is 0.379. The van der Waals surface area contributed by atoms with Crippen LogP contribution in [0.5, 0.6) is 0 Å². The van der Waals surface area contributed by atoms with E-state index in [1.54, 1.807) is 0 Å². The second-order valence-electron chi connectivity index (χ2n) is 7.02. The van der Waals surface area contributed by atoms with Crippen LogP contribution in [-0.4, -0.2) is 29.6 Å². The fourth-order valence-corrected chi connectivity index (χ4v) is 3.87. The van der Waals surface area contributed by atoms with Crippen molar-refractivity contribution < 1.29 is 0 Å². The Morgan fingerprint density at radius 2 is 1.50 bits per heavy atom. The summed E-state index contributed by atoms with van der Waals surface area (Å²) in [6.07, 6.45) is 15.7. The van der Waals surface area contributed by atoms with Crippen molar-refractivity contribution in [2.24, 2.45) is 11.7 Å². The summed E-state index contributed by atoms with van der Waals surface area (Å²) in [7, 11) is 0. The van der Waals surface area contributed by atoms with Crippen molar-refractivity contribution in [3.63, 3.8) is 0 Å². The molecule has 0 heterocycles. The summed E-state index contributed by atoms with van der Waals surface area (Å²) in [5.74, 6) is 1.01. The van der Waals surface area contributed by atoms with Crippen molar-refractivity contribution in [2.75, 3.05) is 13.1 Å². The van der Waals surface area contributed by atoms with Gasteiger partial charge < -0.3 is 5.73 Å². The zero-order valence-electron chi connectivity index (χ0n) is 11.9. The predicted molar refractivity (Wildman–Crippen MR) is 76.6 cm³/mol. The van der Waals surface area contributed by atoms with E-state index in [1.807, 2.05) is 0 Å². The summed E-state index contributed by atoms with van der Waals surface area (Å²) in [5.41, 5.74) is 6.66. The molecule has 0 aromatic carbocycles. The molecule has 0 spiro atoms. The van der Waals surface area contributed by atoms with Gasteiger partial charge in [-0.25, -0.2) is 0 Å². The first-order valence-electron chi connectivity index (χ1n) is 8.31. The zero-order chi connectivity index (χ0) is 12.4. The lowest BCUT2D eigenvalue weighted by molar-refractivity contribution is 0.0538. The summed E-state index contributed by atoms with van der Waals surface area (Å²) >= 11 is 0. The van der Waals surface area contributed by atoms with Crippen LogP contribution in [0, 0.1) is 5.92 Å². The van der Waals surface area contributed by atoms with Gasteiger partial charge in [0.2, 0.25) is 0 Å². The Balaban J connectivity index is 1.71. The summed E-state index contributed by atoms with van der Waals surface area (Å²) < 4.78 is 0. The van der Waals surface area contributed by atoms with Crippen LogP contribution in [-0.2, 0) is 0 Å². The highest BCUT2D eigenvalue weighted by molar-refractivity contribution is 5.01. The van der Waals surface area contributed by atoms with Gasteiger partial charge in [-0.3, -0.25) is 4.90 Å². The maximum atomic E-state index is 6.28. The van der Waals surface area contributed by atoms with Gasteiger partial charge in [0.25, 0.3) is 0 Å². The molecule has 0 aliphatic heterocycles. The zero-order valence-corrected chi connectivity index (χ0v) is 11.9. The molecule has 0 atom stereocenters. The summed E-state index contributed by atoms with van der Waals surface area (Å²) in [6.45, 7) is 2.26. The van der Waals surface area contributed by atoms with Crippen LogP contribution in [0.3, 0.4) is 0 Å². The Bertz CT molecular complexity index is 260. The van der Waals surface area contributed by atoms with E-state index in [0.717, 1.165) is 18.5 Å². The van der Waals surface area contributed by atoms with Crippen molar-refractivity contribution >= 4 is 0 Å². The molecule has 0 amide bonds. The minimum Gasteiger partial charge on any atom is -0.329 e. The first kappa shape index (κ1) is 12.9. The van der Waals surface area contributed by atoms with Gasteiger partial charge in [-0.05, 0) is 44.4 Å². The third-order valence-corrected chi connectivity index (χ3v) is 5.41. The lowest BCUT2D eigenvalue weighted by Gasteiger charge is -2.45. The molecule has 2 nitrogen and oxygen atoms in total. The first-order valence-corrected chi connectivity index (χ1v) is 8.31. The second-order valence-corrected chi connectivity index (χ2v) is 7.02. The summed E-state index contributed by atoms with van der Waals surface area (Å²) in [6, 6.07) is 0.897. The maximum absolute atomic E-state index is 6.28. The Morgan fingerprint density at radius 3 is 2.00 bits per heavy atom. The number of nitrogens with zero attached hydrogens (tertiary/aromatic N) is 1. The van der Waals surface area contributed by atoms with Gasteiger partial charge >= 0.3 is 0 Å². The smallest absolute Gasteiger partial charge is 0.0334 e. The third-order valence-electron chi connectivity index (χ3n) is 5.41. The van der Waals surface area contributed by atoms with Crippen LogP contribution in [0.4, 0.5) is 0 Å². The molecule has 0 aromatic rings. The summed E-state index contributed by atoms with van der Waals surface area (Å²) in [4.78, 5) is 2.88. The van der Waals surface area contributed by atoms with E-state index in [9.17, 15) is 0 Å². The lowest BCUT2D eigenvalue weighted by atomic mass is 9.82. The molecule has 0 bridgehead atoms. The fourth-order valence-electron chi connectivity index (χ4n) is 3.87. The van der Waals surface area contributed by atoms with E-state index < -0.39 is 0 Å². The average molecular weight is 250 g/mol. The predicted octanol–water partition coefficient (Wildman–Crippen LogP) is 3.30. The van der Waals surface area contributed by atoms with Gasteiger partial charge in [-0.1, -0.05) is 32.1 Å². The minimum absolute atomic E-state index is 0.379. The molecule has 3 aliphatic rings. The lowest BCUT2D eigenvalue weighted by Crippen LogP contribution is -2.55. The molecular formula is C16H30N2. The van der Waals surface area contributed by atoms with E-state index >= 15 is 0 Å². The van der Waals surface area contributed by atoms with Crippen molar-refractivity contribution in [2.45, 2.75) is 82.2 Å². The first-order chi connectivity index (χ1) is 8.84. The maximum Gasteiger partial charge on any atom is 0.0334 e. The molecule has 3 rings (SSSR count). The van der Waals surface area contributed by atoms with Crippen LogP contribution in [0.2, 0.25) is 0 Å². The van der Waals surface area contributed by atoms with E-state index in [1.165, 1.54) is 77.2 Å². The van der Waals surface area contributed by atoms with Crippen LogP contribution in [0.1, 0.15) is 70.6 Å². The summed E-state index contributed by atoms with van der Waals surface area (Å²) in [5, 5.41) is 0. The van der Waals surface area contributed by atoms with Crippen LogP contribution in [0.25, 0.3) is 0 Å². The van der Waals surface area contributed by atoms with Gasteiger partial charge in [0.05, 0.1) is 0 Å². The quantitative estimate of drug-likeness (QED) is 0.811. The van der Waals surface area contributed by atoms with E-state index in [-0.39, 0.29) is 0 Å².